The molecule has 1 N–H and O–H groups in total. The van der Waals surface area contributed by atoms with Gasteiger partial charge in [-0.3, -0.25) is 4.79 Å². The number of hydrogen-bond donors (Lipinski definition) is 2. The van der Waals surface area contributed by atoms with Gasteiger partial charge in [-0.2, -0.15) is 0 Å². The lowest BCUT2D eigenvalue weighted by Gasteiger charge is -2.04. The smallest absolute Gasteiger partial charge is 0.251 e. The molecule has 0 saturated carbocycles. The molecule has 1 aromatic heterocycles. The van der Waals surface area contributed by atoms with E-state index >= 15 is 0 Å². The van der Waals surface area contributed by atoms with Gasteiger partial charge in [-0.1, -0.05) is 6.07 Å². The minimum atomic E-state index is -0.0702. The summed E-state index contributed by atoms with van der Waals surface area (Å²) in [5, 5.41) is 5.94. The maximum absolute atomic E-state index is 11.8. The van der Waals surface area contributed by atoms with E-state index in [1.165, 1.54) is 0 Å². The van der Waals surface area contributed by atoms with Crippen molar-refractivity contribution in [2.45, 2.75) is 18.2 Å². The largest absolute Gasteiger partial charge is 0.352 e. The minimum absolute atomic E-state index is 0.0702. The molecule has 2 rings (SSSR count). The summed E-state index contributed by atoms with van der Waals surface area (Å²) in [6.07, 6.45) is 0.769. The molecule has 0 atom stereocenters. The number of carbonyl (C=O) groups excluding carboxylic acids is 1. The van der Waals surface area contributed by atoms with Crippen LogP contribution < -0.4 is 5.32 Å². The molecule has 3 nitrogen and oxygen atoms in total. The predicted octanol–water partition coefficient (Wildman–Crippen LogP) is 2.71. The Morgan fingerprint density at radius 2 is 2.33 bits per heavy atom. The molecule has 18 heavy (non-hydrogen) atoms. The van der Waals surface area contributed by atoms with Crippen LogP contribution in [0.2, 0.25) is 0 Å². The molecule has 5 heteroatoms. The Morgan fingerprint density at radius 3 is 3.00 bits per heavy atom. The van der Waals surface area contributed by atoms with Crippen LogP contribution in [0, 0.1) is 6.92 Å². The van der Waals surface area contributed by atoms with Crippen LogP contribution in [0.4, 0.5) is 0 Å². The van der Waals surface area contributed by atoms with E-state index in [2.05, 4.69) is 22.9 Å². The standard InChI is InChI=1S/C13H14N2OS2/c1-9-8-18-12(15-9)5-6-14-13(16)10-3-2-4-11(17)7-10/h2-4,7-8,17H,5-6H2,1H3,(H,14,16). The summed E-state index contributed by atoms with van der Waals surface area (Å²) in [6.45, 7) is 2.57. The number of nitrogens with zero attached hydrogens (tertiary/aromatic N) is 1. The molecule has 0 bridgehead atoms. The van der Waals surface area contributed by atoms with E-state index in [0.29, 0.717) is 12.1 Å². The molecule has 0 fully saturated rings. The molecule has 0 aliphatic rings. The summed E-state index contributed by atoms with van der Waals surface area (Å²) in [5.74, 6) is -0.0702. The number of amides is 1. The maximum Gasteiger partial charge on any atom is 0.251 e. The normalized spacial score (nSPS) is 10.3. The van der Waals surface area contributed by atoms with Crippen molar-refractivity contribution >= 4 is 29.9 Å². The second-order valence-corrected chi connectivity index (χ2v) is 5.40. The zero-order valence-corrected chi connectivity index (χ0v) is 11.7. The highest BCUT2D eigenvalue weighted by molar-refractivity contribution is 7.80. The van der Waals surface area contributed by atoms with Crippen LogP contribution in [0.15, 0.2) is 34.5 Å². The molecular weight excluding hydrogens is 264 g/mol. The molecule has 0 radical (unpaired) electrons. The SMILES string of the molecule is Cc1csc(CCNC(=O)c2cccc(S)c2)n1. The molecule has 94 valence electrons. The Labute approximate surface area is 116 Å². The van der Waals surface area contributed by atoms with Crippen LogP contribution in [0.25, 0.3) is 0 Å². The van der Waals surface area contributed by atoms with Gasteiger partial charge >= 0.3 is 0 Å². The average Bonchev–Trinajstić information content (AvgIpc) is 2.75. The first-order valence-corrected chi connectivity index (χ1v) is 6.96. The molecule has 0 spiro atoms. The van der Waals surface area contributed by atoms with Crippen molar-refractivity contribution in [3.8, 4) is 0 Å². The molecular formula is C13H14N2OS2. The van der Waals surface area contributed by atoms with E-state index in [1.807, 2.05) is 24.4 Å². The van der Waals surface area contributed by atoms with Crippen molar-refractivity contribution in [3.63, 3.8) is 0 Å². The minimum Gasteiger partial charge on any atom is -0.352 e. The third-order valence-corrected chi connectivity index (χ3v) is 3.70. The van der Waals surface area contributed by atoms with Gasteiger partial charge in [0.15, 0.2) is 0 Å². The lowest BCUT2D eigenvalue weighted by molar-refractivity contribution is 0.0954. The number of hydrogen-bond acceptors (Lipinski definition) is 4. The summed E-state index contributed by atoms with van der Waals surface area (Å²) in [7, 11) is 0. The number of aryl methyl sites for hydroxylation is 1. The van der Waals surface area contributed by atoms with Gasteiger partial charge in [-0.15, -0.1) is 24.0 Å². The van der Waals surface area contributed by atoms with Crippen molar-refractivity contribution in [3.05, 3.63) is 45.9 Å². The van der Waals surface area contributed by atoms with Crippen molar-refractivity contribution < 1.29 is 4.79 Å². The highest BCUT2D eigenvalue weighted by Crippen LogP contribution is 2.10. The van der Waals surface area contributed by atoms with Crippen molar-refractivity contribution in [1.82, 2.24) is 10.3 Å². The van der Waals surface area contributed by atoms with Crippen LogP contribution in [0.3, 0.4) is 0 Å². The zero-order chi connectivity index (χ0) is 13.0. The van der Waals surface area contributed by atoms with Gasteiger partial charge in [0, 0.05) is 34.5 Å². The number of nitrogens with one attached hydrogen (secondary N) is 1. The van der Waals surface area contributed by atoms with Gasteiger partial charge in [0.05, 0.1) is 5.01 Å². The predicted molar refractivity (Wildman–Crippen MR) is 76.6 cm³/mol. The van der Waals surface area contributed by atoms with Gasteiger partial charge in [0.25, 0.3) is 5.91 Å². The van der Waals surface area contributed by atoms with Gasteiger partial charge in [0.1, 0.15) is 0 Å². The van der Waals surface area contributed by atoms with Crippen molar-refractivity contribution in [2.75, 3.05) is 6.54 Å². The van der Waals surface area contributed by atoms with Crippen molar-refractivity contribution in [2.24, 2.45) is 0 Å². The first-order chi connectivity index (χ1) is 8.65. The number of thiol groups is 1. The quantitative estimate of drug-likeness (QED) is 0.844. The van der Waals surface area contributed by atoms with E-state index in [9.17, 15) is 4.79 Å². The summed E-state index contributed by atoms with van der Waals surface area (Å²) < 4.78 is 0. The summed E-state index contributed by atoms with van der Waals surface area (Å²) in [5.41, 5.74) is 1.67. The van der Waals surface area contributed by atoms with Gasteiger partial charge in [-0.05, 0) is 25.1 Å². The van der Waals surface area contributed by atoms with Crippen LogP contribution in [0.5, 0.6) is 0 Å². The maximum atomic E-state index is 11.8. The Bertz CT molecular complexity index is 551. The Kier molecular flexibility index (Phi) is 4.38. The van der Waals surface area contributed by atoms with Gasteiger partial charge in [0.2, 0.25) is 0 Å². The zero-order valence-electron chi connectivity index (χ0n) is 10.0. The summed E-state index contributed by atoms with van der Waals surface area (Å²) in [4.78, 5) is 17.0. The fraction of sp³-hybridized carbons (Fsp3) is 0.231. The van der Waals surface area contributed by atoms with E-state index in [-0.39, 0.29) is 5.91 Å². The third-order valence-electron chi connectivity index (χ3n) is 2.40. The fourth-order valence-corrected chi connectivity index (χ4v) is 2.55. The number of thiazole rings is 1. The molecule has 0 aliphatic heterocycles. The van der Waals surface area contributed by atoms with Gasteiger partial charge in [-0.25, -0.2) is 4.98 Å². The number of benzene rings is 1. The fourth-order valence-electron chi connectivity index (χ4n) is 1.55. The van der Waals surface area contributed by atoms with Crippen LogP contribution >= 0.6 is 24.0 Å². The highest BCUT2D eigenvalue weighted by atomic mass is 32.1. The lowest BCUT2D eigenvalue weighted by Crippen LogP contribution is -2.25. The van der Waals surface area contributed by atoms with Crippen LogP contribution in [-0.2, 0) is 6.42 Å². The Hall–Kier alpha value is -1.33. The molecule has 1 heterocycles. The van der Waals surface area contributed by atoms with Crippen molar-refractivity contribution in [1.29, 1.82) is 0 Å². The first kappa shape index (κ1) is 13.1. The molecule has 0 unspecified atom stereocenters. The number of aromatic nitrogens is 1. The summed E-state index contributed by atoms with van der Waals surface area (Å²) >= 11 is 5.84. The van der Waals surface area contributed by atoms with E-state index in [0.717, 1.165) is 22.0 Å². The first-order valence-electron chi connectivity index (χ1n) is 5.63. The monoisotopic (exact) mass is 278 g/mol. The second-order valence-electron chi connectivity index (χ2n) is 3.94. The van der Waals surface area contributed by atoms with E-state index in [1.54, 1.807) is 23.5 Å². The Balaban J connectivity index is 1.85. The van der Waals surface area contributed by atoms with Crippen LogP contribution in [0.1, 0.15) is 21.1 Å². The van der Waals surface area contributed by atoms with Gasteiger partial charge < -0.3 is 5.32 Å². The molecule has 0 aliphatic carbocycles. The number of carbonyl (C=O) groups is 1. The third kappa shape index (κ3) is 3.58. The lowest BCUT2D eigenvalue weighted by atomic mass is 10.2. The second kappa shape index (κ2) is 6.02. The van der Waals surface area contributed by atoms with E-state index < -0.39 is 0 Å². The van der Waals surface area contributed by atoms with Crippen LogP contribution in [-0.4, -0.2) is 17.4 Å². The summed E-state index contributed by atoms with van der Waals surface area (Å²) in [6, 6.07) is 7.20. The highest BCUT2D eigenvalue weighted by Gasteiger charge is 2.05. The average molecular weight is 278 g/mol. The molecule has 2 aromatic rings. The molecule has 1 aromatic carbocycles. The molecule has 1 amide bonds. The van der Waals surface area contributed by atoms with E-state index in [4.69, 9.17) is 0 Å². The topological polar surface area (TPSA) is 42.0 Å². The number of rotatable bonds is 4. The molecule has 0 saturated heterocycles. The Morgan fingerprint density at radius 1 is 1.50 bits per heavy atom.